The van der Waals surface area contributed by atoms with E-state index in [2.05, 4.69) is 0 Å². The van der Waals surface area contributed by atoms with Crippen molar-refractivity contribution in [3.8, 4) is 0 Å². The van der Waals surface area contributed by atoms with E-state index in [1.54, 1.807) is 27.7 Å². The van der Waals surface area contributed by atoms with E-state index in [0.717, 1.165) is 0 Å². The SMILES string of the molecule is C.CCC(=O)[C@@]12OC(C)(C)O[C@H]1C[C@H]1[C@@H]3C[C@H](F)C4=CC(=O)C=C[C@]4(C)[C@@]3(F)[C@@H](O)C[C@@]12C. The number of fused-ring (bicyclic) bond motifs is 7. The molecule has 5 rings (SSSR count). The minimum absolute atomic E-state index is 0. The molecule has 0 aromatic carbocycles. The van der Waals surface area contributed by atoms with E-state index in [-0.39, 0.29) is 43.8 Å². The van der Waals surface area contributed by atoms with E-state index in [1.165, 1.54) is 18.2 Å². The standard InChI is InChI=1S/C25H32F2O5.CH4/c1-6-18(29)25-20(31-21(2,3)32-25)11-14-15-10-17(26)16-9-13(28)7-8-22(16,4)24(15,27)19(30)12-23(14,25)5;/h7-9,14-15,17,19-20,30H,6,10-12H2,1-5H3;1H4/t14-,15-,17-,19-,20-,22-,23-,24-,25+;/m0./s1. The van der Waals surface area contributed by atoms with Crippen molar-refractivity contribution in [3.63, 3.8) is 0 Å². The fraction of sp³-hybridized carbons (Fsp3) is 0.769. The summed E-state index contributed by atoms with van der Waals surface area (Å²) in [6, 6.07) is 0. The van der Waals surface area contributed by atoms with Crippen molar-refractivity contribution >= 4 is 11.6 Å². The van der Waals surface area contributed by atoms with Crippen LogP contribution >= 0.6 is 0 Å². The second kappa shape index (κ2) is 7.05. The third-order valence-corrected chi connectivity index (χ3v) is 9.36. The van der Waals surface area contributed by atoms with Gasteiger partial charge in [-0.15, -0.1) is 0 Å². The number of alkyl halides is 2. The van der Waals surface area contributed by atoms with Crippen LogP contribution in [0.3, 0.4) is 0 Å². The second-order valence-electron chi connectivity index (χ2n) is 11.2. The van der Waals surface area contributed by atoms with E-state index in [4.69, 9.17) is 9.47 Å². The van der Waals surface area contributed by atoms with Gasteiger partial charge in [0.1, 0.15) is 6.17 Å². The van der Waals surface area contributed by atoms with Gasteiger partial charge in [-0.1, -0.05) is 27.4 Å². The third kappa shape index (κ3) is 2.67. The van der Waals surface area contributed by atoms with Crippen molar-refractivity contribution < 1.29 is 33.0 Å². The molecule has 0 bridgehead atoms. The molecule has 7 heteroatoms. The Bertz CT molecular complexity index is 958. The van der Waals surface area contributed by atoms with Gasteiger partial charge in [0, 0.05) is 23.2 Å². The van der Waals surface area contributed by atoms with Gasteiger partial charge in [0.2, 0.25) is 0 Å². The largest absolute Gasteiger partial charge is 0.390 e. The highest BCUT2D eigenvalue weighted by Gasteiger charge is 2.80. The maximum Gasteiger partial charge on any atom is 0.178 e. The molecule has 3 saturated carbocycles. The average Bonchev–Trinajstić information content (AvgIpc) is 3.11. The molecule has 0 amide bonds. The smallest absolute Gasteiger partial charge is 0.178 e. The highest BCUT2D eigenvalue weighted by molar-refractivity contribution is 6.01. The molecule has 1 aliphatic heterocycles. The molecular formula is C26H36F2O5. The average molecular weight is 467 g/mol. The molecule has 1 saturated heterocycles. The molecule has 1 heterocycles. The quantitative estimate of drug-likeness (QED) is 0.652. The zero-order valence-corrected chi connectivity index (χ0v) is 19.3. The van der Waals surface area contributed by atoms with Crippen LogP contribution in [0.5, 0.6) is 0 Å². The molecule has 1 N–H and O–H groups in total. The summed E-state index contributed by atoms with van der Waals surface area (Å²) in [5.41, 5.74) is -5.74. The van der Waals surface area contributed by atoms with Gasteiger partial charge in [0.25, 0.3) is 0 Å². The van der Waals surface area contributed by atoms with Crippen LogP contribution in [0.1, 0.15) is 67.7 Å². The maximum absolute atomic E-state index is 17.2. The van der Waals surface area contributed by atoms with Gasteiger partial charge >= 0.3 is 0 Å². The highest BCUT2D eigenvalue weighted by atomic mass is 19.1. The van der Waals surface area contributed by atoms with E-state index in [0.29, 0.717) is 6.42 Å². The van der Waals surface area contributed by atoms with Crippen LogP contribution in [-0.4, -0.2) is 52.1 Å². The molecule has 5 aliphatic rings. The number of Topliss-reactive ketones (excluding diaryl/α,β-unsaturated/α-hetero) is 1. The number of halogens is 2. The van der Waals surface area contributed by atoms with Gasteiger partial charge in [-0.05, 0) is 63.7 Å². The molecule has 0 aromatic rings. The zero-order valence-electron chi connectivity index (χ0n) is 19.3. The summed E-state index contributed by atoms with van der Waals surface area (Å²) in [4.78, 5) is 25.3. The van der Waals surface area contributed by atoms with Crippen molar-refractivity contribution in [2.75, 3.05) is 0 Å². The summed E-state index contributed by atoms with van der Waals surface area (Å²) in [6.07, 6.45) is 0.754. The Labute approximate surface area is 194 Å². The summed E-state index contributed by atoms with van der Waals surface area (Å²) < 4.78 is 45.2. The first-order chi connectivity index (χ1) is 14.8. The molecule has 4 fully saturated rings. The Morgan fingerprint density at radius 3 is 2.52 bits per heavy atom. The number of carbonyl (C=O) groups is 2. The number of ketones is 2. The van der Waals surface area contributed by atoms with Gasteiger partial charge < -0.3 is 14.6 Å². The van der Waals surface area contributed by atoms with Crippen LogP contribution in [0.15, 0.2) is 23.8 Å². The number of hydrogen-bond donors (Lipinski definition) is 1. The fourth-order valence-corrected chi connectivity index (χ4v) is 8.06. The van der Waals surface area contributed by atoms with Gasteiger partial charge in [-0.2, -0.15) is 0 Å². The van der Waals surface area contributed by atoms with Crippen LogP contribution in [0, 0.1) is 22.7 Å². The van der Waals surface area contributed by atoms with E-state index >= 15 is 8.78 Å². The minimum Gasteiger partial charge on any atom is -0.390 e. The molecule has 0 unspecified atom stereocenters. The van der Waals surface area contributed by atoms with Gasteiger partial charge in [-0.3, -0.25) is 9.59 Å². The number of hydrogen-bond acceptors (Lipinski definition) is 5. The topological polar surface area (TPSA) is 72.8 Å². The monoisotopic (exact) mass is 466 g/mol. The van der Waals surface area contributed by atoms with Crippen molar-refractivity contribution in [2.45, 2.75) is 103 Å². The fourth-order valence-electron chi connectivity index (χ4n) is 8.06. The Morgan fingerprint density at radius 1 is 1.21 bits per heavy atom. The lowest BCUT2D eigenvalue weighted by atomic mass is 9.44. The lowest BCUT2D eigenvalue weighted by Crippen LogP contribution is -2.70. The van der Waals surface area contributed by atoms with Gasteiger partial charge in [0.05, 0.1) is 12.2 Å². The van der Waals surface area contributed by atoms with Crippen LogP contribution in [-0.2, 0) is 19.1 Å². The first kappa shape index (κ1) is 24.7. The predicted octanol–water partition coefficient (Wildman–Crippen LogP) is 4.42. The number of rotatable bonds is 2. The lowest BCUT2D eigenvalue weighted by Gasteiger charge is -2.63. The normalized spacial score (nSPS) is 51.6. The molecule has 184 valence electrons. The minimum atomic E-state index is -2.17. The number of carbonyl (C=O) groups excluding carboxylic acids is 2. The molecule has 0 spiro atoms. The molecule has 0 aromatic heterocycles. The van der Waals surface area contributed by atoms with E-state index in [1.807, 2.05) is 6.92 Å². The van der Waals surface area contributed by atoms with Crippen molar-refractivity contribution in [2.24, 2.45) is 22.7 Å². The van der Waals surface area contributed by atoms with Crippen LogP contribution < -0.4 is 0 Å². The lowest BCUT2D eigenvalue weighted by molar-refractivity contribution is -0.248. The first-order valence-electron chi connectivity index (χ1n) is 11.6. The molecule has 4 aliphatic carbocycles. The second-order valence-corrected chi connectivity index (χ2v) is 11.2. The molecular weight excluding hydrogens is 430 g/mol. The summed E-state index contributed by atoms with van der Waals surface area (Å²) in [7, 11) is 0. The van der Waals surface area contributed by atoms with Crippen molar-refractivity contribution in [3.05, 3.63) is 23.8 Å². The van der Waals surface area contributed by atoms with Crippen LogP contribution in [0.4, 0.5) is 8.78 Å². The highest BCUT2D eigenvalue weighted by Crippen LogP contribution is 2.72. The zero-order chi connectivity index (χ0) is 23.5. The number of ether oxygens (including phenoxy) is 2. The van der Waals surface area contributed by atoms with Gasteiger partial charge in [-0.25, -0.2) is 8.78 Å². The third-order valence-electron chi connectivity index (χ3n) is 9.36. The Morgan fingerprint density at radius 2 is 1.88 bits per heavy atom. The summed E-state index contributed by atoms with van der Waals surface area (Å²) in [5, 5.41) is 11.4. The maximum atomic E-state index is 17.2. The van der Waals surface area contributed by atoms with Crippen LogP contribution in [0.2, 0.25) is 0 Å². The summed E-state index contributed by atoms with van der Waals surface area (Å²) in [6.45, 7) is 8.73. The van der Waals surface area contributed by atoms with Crippen molar-refractivity contribution in [1.82, 2.24) is 0 Å². The molecule has 33 heavy (non-hydrogen) atoms. The number of aliphatic hydroxyl groups excluding tert-OH is 1. The van der Waals surface area contributed by atoms with Crippen molar-refractivity contribution in [1.29, 1.82) is 0 Å². The van der Waals surface area contributed by atoms with Gasteiger partial charge in [0.15, 0.2) is 28.6 Å². The number of allylic oxidation sites excluding steroid dienone is 4. The number of aliphatic hydroxyl groups is 1. The predicted molar refractivity (Wildman–Crippen MR) is 119 cm³/mol. The summed E-state index contributed by atoms with van der Waals surface area (Å²) in [5.74, 6) is -2.75. The Balaban J connectivity index is 0.00000259. The Kier molecular flexibility index (Phi) is 5.27. The van der Waals surface area contributed by atoms with E-state index < -0.39 is 58.1 Å². The van der Waals surface area contributed by atoms with Crippen LogP contribution in [0.25, 0.3) is 0 Å². The molecule has 5 nitrogen and oxygen atoms in total. The first-order valence-corrected chi connectivity index (χ1v) is 11.6. The van der Waals surface area contributed by atoms with E-state index in [9.17, 15) is 14.7 Å². The Hall–Kier alpha value is -1.44. The molecule has 0 radical (unpaired) electrons. The molecule has 9 atom stereocenters. The summed E-state index contributed by atoms with van der Waals surface area (Å²) >= 11 is 0.